The fraction of sp³-hybridized carbons (Fsp3) is 0.190. The van der Waals surface area contributed by atoms with E-state index in [4.69, 9.17) is 4.74 Å². The van der Waals surface area contributed by atoms with Crippen molar-refractivity contribution < 1.29 is 19.1 Å². The van der Waals surface area contributed by atoms with Gasteiger partial charge in [-0.05, 0) is 31.5 Å². The third kappa shape index (κ3) is 5.28. The van der Waals surface area contributed by atoms with Crippen molar-refractivity contribution in [2.45, 2.75) is 26.5 Å². The van der Waals surface area contributed by atoms with Crippen molar-refractivity contribution >= 4 is 17.9 Å². The Kier molecular flexibility index (Phi) is 6.53. The molecule has 30 heavy (non-hydrogen) atoms. The molecule has 1 heterocycles. The summed E-state index contributed by atoms with van der Waals surface area (Å²) in [7, 11) is 0. The van der Waals surface area contributed by atoms with E-state index in [9.17, 15) is 14.4 Å². The number of hydrogen-bond acceptors (Lipinski definition) is 6. The Hall–Kier alpha value is -4.01. The van der Waals surface area contributed by atoms with E-state index >= 15 is 0 Å². The molecule has 1 aromatic heterocycles. The van der Waals surface area contributed by atoms with Crippen LogP contribution in [-0.2, 0) is 16.1 Å². The second-order valence-electron chi connectivity index (χ2n) is 6.46. The summed E-state index contributed by atoms with van der Waals surface area (Å²) in [6.07, 6.45) is -1.19. The van der Waals surface area contributed by atoms with Crippen LogP contribution < -0.4 is 10.6 Å². The zero-order valence-electron chi connectivity index (χ0n) is 16.5. The first-order valence-electron chi connectivity index (χ1n) is 9.27. The zero-order chi connectivity index (χ0) is 21.5. The Balaban J connectivity index is 1.54. The van der Waals surface area contributed by atoms with E-state index in [-0.39, 0.29) is 12.2 Å². The van der Waals surface area contributed by atoms with Crippen LogP contribution in [0.5, 0.6) is 0 Å². The van der Waals surface area contributed by atoms with Gasteiger partial charge in [-0.3, -0.25) is 10.1 Å². The van der Waals surface area contributed by atoms with E-state index in [1.54, 1.807) is 19.1 Å². The fourth-order valence-electron chi connectivity index (χ4n) is 2.55. The van der Waals surface area contributed by atoms with Crippen LogP contribution in [0.1, 0.15) is 28.7 Å². The largest absolute Gasteiger partial charge is 0.448 e. The van der Waals surface area contributed by atoms with E-state index in [2.05, 4.69) is 20.8 Å². The van der Waals surface area contributed by atoms with Crippen LogP contribution in [0.15, 0.2) is 60.7 Å². The summed E-state index contributed by atoms with van der Waals surface area (Å²) in [5, 5.41) is 13.0. The second-order valence-corrected chi connectivity index (χ2v) is 6.46. The van der Waals surface area contributed by atoms with Crippen LogP contribution in [0, 0.1) is 6.92 Å². The molecule has 2 aromatic carbocycles. The number of nitrogens with zero attached hydrogens (tertiary/aromatic N) is 3. The fourth-order valence-corrected chi connectivity index (χ4v) is 2.55. The predicted octanol–water partition coefficient (Wildman–Crippen LogP) is 2.15. The van der Waals surface area contributed by atoms with Crippen LogP contribution in [0.3, 0.4) is 0 Å². The number of aromatic nitrogens is 3. The molecule has 2 N–H and O–H groups in total. The summed E-state index contributed by atoms with van der Waals surface area (Å²) in [6.45, 7) is 3.25. The normalized spacial score (nSPS) is 11.4. The highest BCUT2D eigenvalue weighted by molar-refractivity contribution is 5.98. The third-order valence-electron chi connectivity index (χ3n) is 4.15. The van der Waals surface area contributed by atoms with Gasteiger partial charge in [0.05, 0.1) is 11.4 Å². The molecule has 1 atom stereocenters. The number of rotatable bonds is 6. The monoisotopic (exact) mass is 407 g/mol. The van der Waals surface area contributed by atoms with E-state index in [0.717, 1.165) is 5.56 Å². The molecule has 0 aliphatic heterocycles. The molecule has 0 radical (unpaired) electrons. The van der Waals surface area contributed by atoms with Crippen molar-refractivity contribution in [3.05, 3.63) is 77.6 Å². The maximum atomic E-state index is 12.4. The van der Waals surface area contributed by atoms with E-state index < -0.39 is 24.0 Å². The maximum Gasteiger partial charge on any atom is 0.361 e. The molecular formula is C21H21N5O4. The van der Waals surface area contributed by atoms with Gasteiger partial charge in [-0.25, -0.2) is 9.59 Å². The Bertz CT molecular complexity index is 1030. The summed E-state index contributed by atoms with van der Waals surface area (Å²) in [5.74, 6) is -1.55. The van der Waals surface area contributed by atoms with Gasteiger partial charge in [-0.1, -0.05) is 48.5 Å². The highest BCUT2D eigenvalue weighted by atomic mass is 16.5. The first-order valence-corrected chi connectivity index (χ1v) is 9.27. The van der Waals surface area contributed by atoms with Gasteiger partial charge in [0.15, 0.2) is 11.8 Å². The van der Waals surface area contributed by atoms with Crippen LogP contribution in [-0.4, -0.2) is 39.0 Å². The lowest BCUT2D eigenvalue weighted by atomic mass is 10.2. The van der Waals surface area contributed by atoms with Gasteiger partial charge in [0.1, 0.15) is 0 Å². The minimum absolute atomic E-state index is 0.00738. The molecule has 9 nitrogen and oxygen atoms in total. The number of nitrogens with one attached hydrogen (secondary N) is 2. The highest BCUT2D eigenvalue weighted by Crippen LogP contribution is 2.10. The molecule has 0 aliphatic rings. The number of imide groups is 1. The van der Waals surface area contributed by atoms with Crippen LogP contribution in [0.25, 0.3) is 5.69 Å². The van der Waals surface area contributed by atoms with Crippen LogP contribution >= 0.6 is 0 Å². The van der Waals surface area contributed by atoms with Crippen LogP contribution in [0.4, 0.5) is 4.79 Å². The molecule has 3 aromatic rings. The molecule has 0 aliphatic carbocycles. The van der Waals surface area contributed by atoms with Gasteiger partial charge in [0.2, 0.25) is 0 Å². The molecule has 0 bridgehead atoms. The van der Waals surface area contributed by atoms with Crippen LogP contribution in [0.2, 0.25) is 0 Å². The summed E-state index contributed by atoms with van der Waals surface area (Å²) in [6, 6.07) is 17.6. The number of hydrogen-bond donors (Lipinski definition) is 2. The average molecular weight is 407 g/mol. The summed E-state index contributed by atoms with van der Waals surface area (Å²) in [4.78, 5) is 37.8. The Morgan fingerprint density at radius 3 is 2.30 bits per heavy atom. The summed E-state index contributed by atoms with van der Waals surface area (Å²) < 4.78 is 5.15. The summed E-state index contributed by atoms with van der Waals surface area (Å²) >= 11 is 0. The lowest BCUT2D eigenvalue weighted by Gasteiger charge is -2.12. The molecule has 0 saturated carbocycles. The van der Waals surface area contributed by atoms with E-state index in [1.165, 1.54) is 11.7 Å². The topological polar surface area (TPSA) is 115 Å². The molecule has 3 rings (SSSR count). The number of esters is 1. The number of ether oxygens (including phenoxy) is 1. The number of amides is 3. The molecule has 154 valence electrons. The minimum atomic E-state index is -1.19. The highest BCUT2D eigenvalue weighted by Gasteiger charge is 2.24. The first-order chi connectivity index (χ1) is 14.4. The van der Waals surface area contributed by atoms with Crippen molar-refractivity contribution in [1.29, 1.82) is 0 Å². The maximum absolute atomic E-state index is 12.4. The minimum Gasteiger partial charge on any atom is -0.448 e. The number of aryl methyl sites for hydroxylation is 1. The van der Waals surface area contributed by atoms with E-state index in [0.29, 0.717) is 11.4 Å². The zero-order valence-corrected chi connectivity index (χ0v) is 16.5. The molecule has 0 fully saturated rings. The molecule has 0 saturated heterocycles. The molecule has 9 heteroatoms. The standard InChI is InChI=1S/C21H21N5O4/c1-14-18(25-26(24-14)17-11-7-4-8-12-17)20(28)30-15(2)19(27)23-21(29)22-13-16-9-5-3-6-10-16/h3-12,15H,13H2,1-2H3,(H2,22,23,27,29)/t15-/m1/s1. The summed E-state index contributed by atoms with van der Waals surface area (Å²) in [5.41, 5.74) is 1.92. The second kappa shape index (κ2) is 9.46. The Labute approximate surface area is 173 Å². The smallest absolute Gasteiger partial charge is 0.361 e. The van der Waals surface area contributed by atoms with Gasteiger partial charge in [0.25, 0.3) is 5.91 Å². The van der Waals surface area contributed by atoms with Crippen molar-refractivity contribution in [1.82, 2.24) is 25.6 Å². The number of carbonyl (C=O) groups excluding carboxylic acids is 3. The van der Waals surface area contributed by atoms with Gasteiger partial charge in [0, 0.05) is 6.54 Å². The average Bonchev–Trinajstić information content (AvgIpc) is 3.15. The predicted molar refractivity (Wildman–Crippen MR) is 108 cm³/mol. The van der Waals surface area contributed by atoms with E-state index in [1.807, 2.05) is 48.5 Å². The number of para-hydroxylation sites is 1. The van der Waals surface area contributed by atoms with Gasteiger partial charge < -0.3 is 10.1 Å². The van der Waals surface area contributed by atoms with Crippen molar-refractivity contribution in [2.24, 2.45) is 0 Å². The molecule has 0 spiro atoms. The van der Waals surface area contributed by atoms with Gasteiger partial charge in [-0.15, -0.1) is 5.10 Å². The van der Waals surface area contributed by atoms with Gasteiger partial charge >= 0.3 is 12.0 Å². The molecule has 3 amide bonds. The van der Waals surface area contributed by atoms with Crippen molar-refractivity contribution in [3.8, 4) is 5.69 Å². The Morgan fingerprint density at radius 1 is 1.00 bits per heavy atom. The third-order valence-corrected chi connectivity index (χ3v) is 4.15. The molecular weight excluding hydrogens is 386 g/mol. The first kappa shape index (κ1) is 20.7. The number of benzene rings is 2. The number of urea groups is 1. The lowest BCUT2D eigenvalue weighted by molar-refractivity contribution is -0.127. The quantitative estimate of drug-likeness (QED) is 0.605. The SMILES string of the molecule is Cc1nn(-c2ccccc2)nc1C(=O)O[C@H](C)C(=O)NC(=O)NCc1ccccc1. The van der Waals surface area contributed by atoms with Crippen molar-refractivity contribution in [2.75, 3.05) is 0 Å². The lowest BCUT2D eigenvalue weighted by Crippen LogP contribution is -2.44. The number of carbonyl (C=O) groups is 3. The Morgan fingerprint density at radius 2 is 1.63 bits per heavy atom. The van der Waals surface area contributed by atoms with Crippen molar-refractivity contribution in [3.63, 3.8) is 0 Å². The van der Waals surface area contributed by atoms with Gasteiger partial charge in [-0.2, -0.15) is 9.90 Å². The molecule has 0 unspecified atom stereocenters.